The largest absolute Gasteiger partial charge is 0.354 e. The van der Waals surface area contributed by atoms with Gasteiger partial charge in [0.05, 0.1) is 6.10 Å². The molecule has 1 saturated carbocycles. The monoisotopic (exact) mass is 319 g/mol. The van der Waals surface area contributed by atoms with Crippen LogP contribution < -0.4 is 0 Å². The smallest absolute Gasteiger partial charge is 0.251 e. The maximum Gasteiger partial charge on any atom is 0.251 e. The molecule has 1 aliphatic carbocycles. The van der Waals surface area contributed by atoms with Gasteiger partial charge >= 0.3 is 0 Å². The summed E-state index contributed by atoms with van der Waals surface area (Å²) in [6.45, 7) is 16.6. The van der Waals surface area contributed by atoms with E-state index in [-0.39, 0.29) is 23.8 Å². The van der Waals surface area contributed by atoms with E-state index in [9.17, 15) is 4.79 Å². The average molecular weight is 319 g/mol. The molecule has 0 spiro atoms. The molecule has 0 N–H and O–H groups in total. The van der Waals surface area contributed by atoms with Crippen LogP contribution in [0.15, 0.2) is 23.8 Å². The minimum Gasteiger partial charge on any atom is -0.354 e. The minimum atomic E-state index is -0.195. The van der Waals surface area contributed by atoms with Crippen molar-refractivity contribution >= 4 is 5.91 Å². The Morgan fingerprint density at radius 2 is 1.96 bits per heavy atom. The van der Waals surface area contributed by atoms with Crippen LogP contribution in [0.25, 0.3) is 0 Å². The Morgan fingerprint density at radius 3 is 2.52 bits per heavy atom. The summed E-state index contributed by atoms with van der Waals surface area (Å²) in [4.78, 5) is 14.8. The SMILES string of the molecule is C=C(C)C(=O)N1[C@H](CC=C(C)C)O[C@@H]2C[C@H](C)CC[C@H]2C1(C)C. The second-order valence-corrected chi connectivity index (χ2v) is 8.28. The van der Waals surface area contributed by atoms with E-state index in [1.54, 1.807) is 6.92 Å². The number of hydrogen-bond acceptors (Lipinski definition) is 2. The van der Waals surface area contributed by atoms with Crippen molar-refractivity contribution in [1.82, 2.24) is 4.90 Å². The van der Waals surface area contributed by atoms with Crippen molar-refractivity contribution in [3.8, 4) is 0 Å². The standard InChI is InChI=1S/C20H33NO2/c1-13(2)8-11-18-21(19(22)14(3)4)20(6,7)16-10-9-15(5)12-17(16)23-18/h8,15-18H,3,9-12H2,1-2,4-7H3/t15-,16-,17-,18+/m1/s1. The van der Waals surface area contributed by atoms with Gasteiger partial charge < -0.3 is 9.64 Å². The Morgan fingerprint density at radius 1 is 1.30 bits per heavy atom. The maximum absolute atomic E-state index is 12.8. The van der Waals surface area contributed by atoms with E-state index in [1.165, 1.54) is 12.0 Å². The summed E-state index contributed by atoms with van der Waals surface area (Å²) in [6.07, 6.45) is 6.47. The molecule has 0 aromatic heterocycles. The van der Waals surface area contributed by atoms with Gasteiger partial charge in [0.1, 0.15) is 6.23 Å². The van der Waals surface area contributed by atoms with E-state index in [0.717, 1.165) is 19.3 Å². The van der Waals surface area contributed by atoms with Crippen LogP contribution in [0, 0.1) is 11.8 Å². The normalized spacial score (nSPS) is 32.9. The van der Waals surface area contributed by atoms with Gasteiger partial charge in [-0.2, -0.15) is 0 Å². The van der Waals surface area contributed by atoms with Crippen molar-refractivity contribution in [2.45, 2.75) is 85.1 Å². The zero-order valence-electron chi connectivity index (χ0n) is 15.7. The summed E-state index contributed by atoms with van der Waals surface area (Å²) in [5.74, 6) is 1.14. The summed E-state index contributed by atoms with van der Waals surface area (Å²) in [5, 5.41) is 0. The number of carbonyl (C=O) groups is 1. The molecule has 4 atom stereocenters. The zero-order valence-corrected chi connectivity index (χ0v) is 15.7. The minimum absolute atomic E-state index is 0.0271. The highest BCUT2D eigenvalue weighted by Gasteiger charge is 2.51. The number of nitrogens with zero attached hydrogens (tertiary/aromatic N) is 1. The third-order valence-electron chi connectivity index (χ3n) is 5.51. The topological polar surface area (TPSA) is 29.5 Å². The van der Waals surface area contributed by atoms with E-state index < -0.39 is 0 Å². The van der Waals surface area contributed by atoms with Crippen molar-refractivity contribution in [1.29, 1.82) is 0 Å². The van der Waals surface area contributed by atoms with Gasteiger partial charge in [-0.3, -0.25) is 4.79 Å². The number of hydrogen-bond donors (Lipinski definition) is 0. The summed E-state index contributed by atoms with van der Waals surface area (Å²) in [5.41, 5.74) is 1.65. The lowest BCUT2D eigenvalue weighted by Gasteiger charge is -2.57. The summed E-state index contributed by atoms with van der Waals surface area (Å²) in [7, 11) is 0. The Kier molecular flexibility index (Phi) is 5.40. The van der Waals surface area contributed by atoms with E-state index in [4.69, 9.17) is 4.74 Å². The Hall–Kier alpha value is -1.09. The summed E-state index contributed by atoms with van der Waals surface area (Å²) in [6, 6.07) is 0. The number of fused-ring (bicyclic) bond motifs is 1. The molecule has 1 heterocycles. The number of amides is 1. The van der Waals surface area contributed by atoms with Crippen LogP contribution >= 0.6 is 0 Å². The highest BCUT2D eigenvalue weighted by Crippen LogP contribution is 2.46. The average Bonchev–Trinajstić information content (AvgIpc) is 2.43. The molecular formula is C20H33NO2. The van der Waals surface area contributed by atoms with Gasteiger partial charge in [-0.25, -0.2) is 0 Å². The van der Waals surface area contributed by atoms with E-state index in [1.807, 2.05) is 4.90 Å². The van der Waals surface area contributed by atoms with Crippen LogP contribution in [0.1, 0.15) is 67.2 Å². The number of carbonyl (C=O) groups excluding carboxylic acids is 1. The predicted octanol–water partition coefficient (Wildman–Crippen LogP) is 4.69. The lowest BCUT2D eigenvalue weighted by molar-refractivity contribution is -0.227. The molecule has 3 nitrogen and oxygen atoms in total. The third kappa shape index (κ3) is 3.71. The highest BCUT2D eigenvalue weighted by molar-refractivity contribution is 5.93. The molecule has 0 unspecified atom stereocenters. The fraction of sp³-hybridized carbons (Fsp3) is 0.750. The van der Waals surface area contributed by atoms with Gasteiger partial charge in [0.15, 0.2) is 0 Å². The summed E-state index contributed by atoms with van der Waals surface area (Å²) >= 11 is 0. The van der Waals surface area contributed by atoms with Crippen molar-refractivity contribution in [2.24, 2.45) is 11.8 Å². The van der Waals surface area contributed by atoms with Crippen molar-refractivity contribution in [3.63, 3.8) is 0 Å². The van der Waals surface area contributed by atoms with Gasteiger partial charge in [0.25, 0.3) is 5.91 Å². The van der Waals surface area contributed by atoms with Gasteiger partial charge in [0, 0.05) is 23.5 Å². The third-order valence-corrected chi connectivity index (χ3v) is 5.51. The van der Waals surface area contributed by atoms with Gasteiger partial charge in [0.2, 0.25) is 0 Å². The van der Waals surface area contributed by atoms with Crippen molar-refractivity contribution in [3.05, 3.63) is 23.8 Å². The quantitative estimate of drug-likeness (QED) is 0.558. The fourth-order valence-electron chi connectivity index (χ4n) is 4.20. The van der Waals surface area contributed by atoms with Gasteiger partial charge in [-0.05, 0) is 53.4 Å². The molecule has 1 aliphatic heterocycles. The van der Waals surface area contributed by atoms with Crippen molar-refractivity contribution in [2.75, 3.05) is 0 Å². The second kappa shape index (κ2) is 6.80. The molecular weight excluding hydrogens is 286 g/mol. The molecule has 3 heteroatoms. The molecule has 23 heavy (non-hydrogen) atoms. The van der Waals surface area contributed by atoms with Crippen LogP contribution in [0.4, 0.5) is 0 Å². The molecule has 0 aromatic carbocycles. The lowest BCUT2D eigenvalue weighted by Crippen LogP contribution is -2.66. The zero-order chi connectivity index (χ0) is 17.4. The highest BCUT2D eigenvalue weighted by atomic mass is 16.5. The maximum atomic E-state index is 12.8. The lowest BCUT2D eigenvalue weighted by atomic mass is 9.69. The fourth-order valence-corrected chi connectivity index (χ4v) is 4.20. The van der Waals surface area contributed by atoms with Crippen LogP contribution in [0.3, 0.4) is 0 Å². The first-order valence-corrected chi connectivity index (χ1v) is 8.92. The molecule has 2 rings (SSSR count). The number of allylic oxidation sites excluding steroid dienone is 1. The predicted molar refractivity (Wildman–Crippen MR) is 95.0 cm³/mol. The molecule has 1 saturated heterocycles. The van der Waals surface area contributed by atoms with E-state index in [0.29, 0.717) is 17.4 Å². The molecule has 2 fully saturated rings. The molecule has 1 amide bonds. The Labute approximate surface area is 141 Å². The first kappa shape index (κ1) is 18.3. The summed E-state index contributed by atoms with van der Waals surface area (Å²) < 4.78 is 6.45. The van der Waals surface area contributed by atoms with E-state index >= 15 is 0 Å². The van der Waals surface area contributed by atoms with Crippen molar-refractivity contribution < 1.29 is 9.53 Å². The van der Waals surface area contributed by atoms with Crippen LogP contribution in [-0.2, 0) is 9.53 Å². The second-order valence-electron chi connectivity index (χ2n) is 8.28. The number of ether oxygens (including phenoxy) is 1. The first-order valence-electron chi connectivity index (χ1n) is 8.92. The molecule has 130 valence electrons. The molecule has 0 aromatic rings. The molecule has 0 bridgehead atoms. The number of rotatable bonds is 3. The Bertz CT molecular complexity index is 502. The van der Waals surface area contributed by atoms with Gasteiger partial charge in [-0.1, -0.05) is 31.6 Å². The van der Waals surface area contributed by atoms with Crippen LogP contribution in [0.5, 0.6) is 0 Å². The van der Waals surface area contributed by atoms with Gasteiger partial charge in [-0.15, -0.1) is 0 Å². The molecule has 2 aliphatic rings. The van der Waals surface area contributed by atoms with Crippen LogP contribution in [0.2, 0.25) is 0 Å². The molecule has 0 radical (unpaired) electrons. The first-order chi connectivity index (χ1) is 10.6. The van der Waals surface area contributed by atoms with E-state index in [2.05, 4.69) is 47.3 Å². The Balaban J connectivity index is 2.35. The van der Waals surface area contributed by atoms with Crippen LogP contribution in [-0.4, -0.2) is 28.7 Å².